The SMILES string of the molecule is CCOC(=O)c1cc(CC)sc1NC(=O)COC(=O)c1cc(Cl)ccc1F. The quantitative estimate of drug-likeness (QED) is 0.692. The highest BCUT2D eigenvalue weighted by molar-refractivity contribution is 7.16. The Morgan fingerprint density at radius 3 is 2.48 bits per heavy atom. The summed E-state index contributed by atoms with van der Waals surface area (Å²) in [6.07, 6.45) is 0.677. The van der Waals surface area contributed by atoms with Gasteiger partial charge in [-0.05, 0) is 37.6 Å². The van der Waals surface area contributed by atoms with Crippen molar-refractivity contribution in [3.63, 3.8) is 0 Å². The second kappa shape index (κ2) is 9.48. The number of amides is 1. The van der Waals surface area contributed by atoms with Crippen molar-refractivity contribution in [2.45, 2.75) is 20.3 Å². The molecular formula is C18H17ClFNO5S. The molecule has 0 fully saturated rings. The first kappa shape index (κ1) is 20.9. The summed E-state index contributed by atoms with van der Waals surface area (Å²) >= 11 is 6.95. The van der Waals surface area contributed by atoms with Gasteiger partial charge in [-0.15, -0.1) is 11.3 Å². The van der Waals surface area contributed by atoms with Crippen molar-refractivity contribution in [3.8, 4) is 0 Å². The van der Waals surface area contributed by atoms with Crippen LogP contribution in [0.5, 0.6) is 0 Å². The first-order valence-corrected chi connectivity index (χ1v) is 9.27. The van der Waals surface area contributed by atoms with Crippen LogP contribution in [-0.2, 0) is 20.7 Å². The summed E-state index contributed by atoms with van der Waals surface area (Å²) in [6, 6.07) is 5.08. The minimum Gasteiger partial charge on any atom is -0.462 e. The van der Waals surface area contributed by atoms with Gasteiger partial charge < -0.3 is 14.8 Å². The number of nitrogens with one attached hydrogen (secondary N) is 1. The van der Waals surface area contributed by atoms with Gasteiger partial charge >= 0.3 is 11.9 Å². The van der Waals surface area contributed by atoms with Crippen LogP contribution in [0.4, 0.5) is 9.39 Å². The molecule has 0 aliphatic rings. The lowest BCUT2D eigenvalue weighted by Gasteiger charge is -2.08. The summed E-state index contributed by atoms with van der Waals surface area (Å²) < 4.78 is 23.4. The predicted molar refractivity (Wildman–Crippen MR) is 100.0 cm³/mol. The lowest BCUT2D eigenvalue weighted by molar-refractivity contribution is -0.119. The van der Waals surface area contributed by atoms with Gasteiger partial charge in [0.15, 0.2) is 6.61 Å². The number of rotatable bonds is 7. The summed E-state index contributed by atoms with van der Waals surface area (Å²) in [5.74, 6) is -3.04. The van der Waals surface area contributed by atoms with E-state index in [-0.39, 0.29) is 22.8 Å². The van der Waals surface area contributed by atoms with Crippen LogP contribution in [0.25, 0.3) is 0 Å². The lowest BCUT2D eigenvalue weighted by Crippen LogP contribution is -2.22. The molecule has 2 rings (SSSR count). The molecule has 6 nitrogen and oxygen atoms in total. The third-order valence-electron chi connectivity index (χ3n) is 3.36. The third kappa shape index (κ3) is 5.51. The molecular weight excluding hydrogens is 397 g/mol. The molecule has 0 aliphatic heterocycles. The maximum absolute atomic E-state index is 13.6. The maximum Gasteiger partial charge on any atom is 0.341 e. The Labute approximate surface area is 164 Å². The van der Waals surface area contributed by atoms with Crippen LogP contribution in [0.1, 0.15) is 39.4 Å². The van der Waals surface area contributed by atoms with Crippen LogP contribution in [0.2, 0.25) is 5.02 Å². The molecule has 0 aliphatic carbocycles. The normalized spacial score (nSPS) is 10.4. The number of anilines is 1. The molecule has 0 radical (unpaired) electrons. The number of carbonyl (C=O) groups is 3. The van der Waals surface area contributed by atoms with Gasteiger partial charge in [0.25, 0.3) is 5.91 Å². The lowest BCUT2D eigenvalue weighted by atomic mass is 10.2. The number of ether oxygens (including phenoxy) is 2. The number of carbonyl (C=O) groups excluding carboxylic acids is 3. The molecule has 1 amide bonds. The van der Waals surface area contributed by atoms with Crippen LogP contribution in [0.15, 0.2) is 24.3 Å². The Bertz CT molecular complexity index is 867. The molecule has 0 atom stereocenters. The molecule has 0 saturated heterocycles. The Kier molecular flexibility index (Phi) is 7.32. The Morgan fingerprint density at radius 1 is 1.11 bits per heavy atom. The molecule has 0 unspecified atom stereocenters. The van der Waals surface area contributed by atoms with Crippen molar-refractivity contribution < 1.29 is 28.2 Å². The number of hydrogen-bond donors (Lipinski definition) is 1. The smallest absolute Gasteiger partial charge is 0.341 e. The summed E-state index contributed by atoms with van der Waals surface area (Å²) in [5.41, 5.74) is -0.133. The summed E-state index contributed by atoms with van der Waals surface area (Å²) in [7, 11) is 0. The number of aryl methyl sites for hydroxylation is 1. The van der Waals surface area contributed by atoms with Gasteiger partial charge in [-0.3, -0.25) is 4.79 Å². The summed E-state index contributed by atoms with van der Waals surface area (Å²) in [6.45, 7) is 3.14. The third-order valence-corrected chi connectivity index (χ3v) is 4.79. The average molecular weight is 414 g/mol. The molecule has 0 saturated carbocycles. The van der Waals surface area contributed by atoms with Crippen molar-refractivity contribution >= 4 is 45.8 Å². The van der Waals surface area contributed by atoms with Crippen molar-refractivity contribution in [1.29, 1.82) is 0 Å². The predicted octanol–water partition coefficient (Wildman–Crippen LogP) is 4.08. The molecule has 1 N–H and O–H groups in total. The minimum atomic E-state index is -1.02. The Balaban J connectivity index is 2.03. The van der Waals surface area contributed by atoms with E-state index in [4.69, 9.17) is 21.1 Å². The van der Waals surface area contributed by atoms with Gasteiger partial charge in [0.1, 0.15) is 10.8 Å². The number of benzene rings is 1. The monoisotopic (exact) mass is 413 g/mol. The van der Waals surface area contributed by atoms with Crippen molar-refractivity contribution in [2.24, 2.45) is 0 Å². The van der Waals surface area contributed by atoms with Gasteiger partial charge in [0.05, 0.1) is 17.7 Å². The highest BCUT2D eigenvalue weighted by Gasteiger charge is 2.20. The average Bonchev–Trinajstić information content (AvgIpc) is 3.05. The van der Waals surface area contributed by atoms with E-state index in [2.05, 4.69) is 5.32 Å². The van der Waals surface area contributed by atoms with Crippen LogP contribution in [0, 0.1) is 5.82 Å². The highest BCUT2D eigenvalue weighted by Crippen LogP contribution is 2.29. The first-order valence-electron chi connectivity index (χ1n) is 8.07. The second-order valence-corrected chi connectivity index (χ2v) is 6.85. The molecule has 0 spiro atoms. The van der Waals surface area contributed by atoms with Crippen LogP contribution < -0.4 is 5.32 Å². The van der Waals surface area contributed by atoms with Gasteiger partial charge in [0.2, 0.25) is 0 Å². The number of esters is 2. The number of thiophene rings is 1. The minimum absolute atomic E-state index is 0.164. The fourth-order valence-corrected chi connectivity index (χ4v) is 3.27. The second-order valence-electron chi connectivity index (χ2n) is 5.28. The number of hydrogen-bond acceptors (Lipinski definition) is 6. The first-order chi connectivity index (χ1) is 12.8. The maximum atomic E-state index is 13.6. The van der Waals surface area contributed by atoms with E-state index in [1.807, 2.05) is 6.92 Å². The van der Waals surface area contributed by atoms with Gasteiger partial charge in [-0.25, -0.2) is 14.0 Å². The largest absolute Gasteiger partial charge is 0.462 e. The van der Waals surface area contributed by atoms with Crippen molar-refractivity contribution in [2.75, 3.05) is 18.5 Å². The standard InChI is InChI=1S/C18H17ClFNO5S/c1-3-11-8-13(18(24)25-4-2)16(27-11)21-15(22)9-26-17(23)12-7-10(19)5-6-14(12)20/h5-8H,3-4,9H2,1-2H3,(H,21,22). The van der Waals surface area contributed by atoms with Gasteiger partial charge in [-0.1, -0.05) is 18.5 Å². The fourth-order valence-electron chi connectivity index (χ4n) is 2.10. The zero-order valence-electron chi connectivity index (χ0n) is 14.6. The van der Waals surface area contributed by atoms with Crippen LogP contribution in [0.3, 0.4) is 0 Å². The Morgan fingerprint density at radius 2 is 1.81 bits per heavy atom. The van der Waals surface area contributed by atoms with E-state index in [1.54, 1.807) is 13.0 Å². The topological polar surface area (TPSA) is 81.7 Å². The van der Waals surface area contributed by atoms with Gasteiger partial charge in [0, 0.05) is 9.90 Å². The van der Waals surface area contributed by atoms with E-state index in [0.717, 1.165) is 17.0 Å². The molecule has 2 aromatic rings. The Hall–Kier alpha value is -2.45. The van der Waals surface area contributed by atoms with E-state index in [0.29, 0.717) is 11.4 Å². The van der Waals surface area contributed by atoms with Crippen LogP contribution >= 0.6 is 22.9 Å². The molecule has 144 valence electrons. The zero-order valence-corrected chi connectivity index (χ0v) is 16.2. The molecule has 27 heavy (non-hydrogen) atoms. The molecule has 1 aromatic heterocycles. The molecule has 9 heteroatoms. The summed E-state index contributed by atoms with van der Waals surface area (Å²) in [4.78, 5) is 36.9. The van der Waals surface area contributed by atoms with Crippen molar-refractivity contribution in [1.82, 2.24) is 0 Å². The van der Waals surface area contributed by atoms with E-state index >= 15 is 0 Å². The van der Waals surface area contributed by atoms with Crippen LogP contribution in [-0.4, -0.2) is 31.1 Å². The zero-order chi connectivity index (χ0) is 20.0. The molecule has 1 heterocycles. The highest BCUT2D eigenvalue weighted by atomic mass is 35.5. The van der Waals surface area contributed by atoms with E-state index in [1.165, 1.54) is 17.4 Å². The molecule has 1 aromatic carbocycles. The molecule has 0 bridgehead atoms. The van der Waals surface area contributed by atoms with Gasteiger partial charge in [-0.2, -0.15) is 0 Å². The van der Waals surface area contributed by atoms with E-state index < -0.39 is 30.3 Å². The number of halogens is 2. The van der Waals surface area contributed by atoms with E-state index in [9.17, 15) is 18.8 Å². The summed E-state index contributed by atoms with van der Waals surface area (Å²) in [5, 5.41) is 2.99. The fraction of sp³-hybridized carbons (Fsp3) is 0.278. The van der Waals surface area contributed by atoms with Crippen molar-refractivity contribution in [3.05, 3.63) is 51.1 Å².